The number of rotatable bonds is 9. The summed E-state index contributed by atoms with van der Waals surface area (Å²) >= 11 is 0. The van der Waals surface area contributed by atoms with Gasteiger partial charge in [0.05, 0.1) is 25.4 Å². The van der Waals surface area contributed by atoms with Crippen molar-refractivity contribution in [2.24, 2.45) is 5.92 Å². The van der Waals surface area contributed by atoms with Crippen LogP contribution in [0.25, 0.3) is 0 Å². The summed E-state index contributed by atoms with van der Waals surface area (Å²) in [6.07, 6.45) is 3.86. The molecular weight excluding hydrogens is 264 g/mol. The Bertz CT molecular complexity index is 444. The molecular formula is C18H28O3. The van der Waals surface area contributed by atoms with Gasteiger partial charge < -0.3 is 14.2 Å². The molecule has 3 unspecified atom stereocenters. The van der Waals surface area contributed by atoms with Crippen molar-refractivity contribution in [3.63, 3.8) is 0 Å². The summed E-state index contributed by atoms with van der Waals surface area (Å²) in [7, 11) is 0. The highest BCUT2D eigenvalue weighted by molar-refractivity contribution is 5.43. The topological polar surface area (TPSA) is 31.0 Å². The summed E-state index contributed by atoms with van der Waals surface area (Å²) in [6.45, 7) is 10.1. The van der Waals surface area contributed by atoms with Gasteiger partial charge in [-0.3, -0.25) is 0 Å². The van der Waals surface area contributed by atoms with Crippen molar-refractivity contribution in [2.75, 3.05) is 13.2 Å². The van der Waals surface area contributed by atoms with E-state index in [2.05, 4.69) is 39.8 Å². The summed E-state index contributed by atoms with van der Waals surface area (Å²) in [6, 6.07) is 6.32. The van der Waals surface area contributed by atoms with Gasteiger partial charge in [-0.15, -0.1) is 0 Å². The molecule has 0 spiro atoms. The van der Waals surface area contributed by atoms with Crippen LogP contribution in [0.2, 0.25) is 0 Å². The van der Waals surface area contributed by atoms with E-state index < -0.39 is 0 Å². The van der Waals surface area contributed by atoms with Crippen LogP contribution in [-0.2, 0) is 11.2 Å². The molecule has 3 atom stereocenters. The Kier molecular flexibility index (Phi) is 5.92. The molecule has 118 valence electrons. The second-order valence-electron chi connectivity index (χ2n) is 5.97. The zero-order chi connectivity index (χ0) is 15.2. The minimum Gasteiger partial charge on any atom is -0.490 e. The molecule has 0 saturated carbocycles. The van der Waals surface area contributed by atoms with Crippen LogP contribution < -0.4 is 9.47 Å². The van der Waals surface area contributed by atoms with E-state index in [9.17, 15) is 0 Å². The molecule has 2 rings (SSSR count). The van der Waals surface area contributed by atoms with E-state index in [1.807, 2.05) is 6.07 Å². The Hall–Kier alpha value is -1.22. The van der Waals surface area contributed by atoms with Crippen LogP contribution in [0.3, 0.4) is 0 Å². The Morgan fingerprint density at radius 3 is 2.29 bits per heavy atom. The molecule has 1 aromatic rings. The zero-order valence-electron chi connectivity index (χ0n) is 13.7. The molecule has 3 heteroatoms. The van der Waals surface area contributed by atoms with E-state index >= 15 is 0 Å². The number of hydrogen-bond acceptors (Lipinski definition) is 3. The van der Waals surface area contributed by atoms with Gasteiger partial charge in [-0.25, -0.2) is 0 Å². The van der Waals surface area contributed by atoms with E-state index in [0.717, 1.165) is 44.0 Å². The SMILES string of the molecule is CCCOc1ccc(CC(C)C2OC2C)cc1OCCC. The zero-order valence-corrected chi connectivity index (χ0v) is 13.7. The second kappa shape index (κ2) is 7.69. The van der Waals surface area contributed by atoms with Crippen molar-refractivity contribution >= 4 is 0 Å². The highest BCUT2D eigenvalue weighted by Crippen LogP contribution is 2.34. The maximum Gasteiger partial charge on any atom is 0.161 e. The Morgan fingerprint density at radius 2 is 1.71 bits per heavy atom. The molecule has 0 aromatic heterocycles. The van der Waals surface area contributed by atoms with Crippen molar-refractivity contribution in [1.82, 2.24) is 0 Å². The lowest BCUT2D eigenvalue weighted by Crippen LogP contribution is -2.09. The number of benzene rings is 1. The van der Waals surface area contributed by atoms with Crippen molar-refractivity contribution in [3.05, 3.63) is 23.8 Å². The number of epoxide rings is 1. The third-order valence-electron chi connectivity index (χ3n) is 3.81. The van der Waals surface area contributed by atoms with E-state index in [1.54, 1.807) is 0 Å². The van der Waals surface area contributed by atoms with E-state index in [0.29, 0.717) is 18.1 Å². The predicted octanol–water partition coefficient (Wildman–Crippen LogP) is 4.23. The van der Waals surface area contributed by atoms with Crippen molar-refractivity contribution in [3.8, 4) is 11.5 Å². The van der Waals surface area contributed by atoms with Crippen LogP contribution in [0.1, 0.15) is 46.1 Å². The van der Waals surface area contributed by atoms with Gasteiger partial charge in [-0.1, -0.05) is 26.8 Å². The molecule has 1 saturated heterocycles. The van der Waals surface area contributed by atoms with Gasteiger partial charge in [0.15, 0.2) is 11.5 Å². The van der Waals surface area contributed by atoms with E-state index in [1.165, 1.54) is 5.56 Å². The molecule has 21 heavy (non-hydrogen) atoms. The van der Waals surface area contributed by atoms with Crippen LogP contribution in [-0.4, -0.2) is 25.4 Å². The molecule has 0 N–H and O–H groups in total. The lowest BCUT2D eigenvalue weighted by Gasteiger charge is -2.15. The van der Waals surface area contributed by atoms with Gasteiger partial charge in [-0.2, -0.15) is 0 Å². The van der Waals surface area contributed by atoms with Crippen LogP contribution in [0, 0.1) is 5.92 Å². The monoisotopic (exact) mass is 292 g/mol. The number of ether oxygens (including phenoxy) is 3. The summed E-state index contributed by atoms with van der Waals surface area (Å²) < 4.78 is 17.2. The minimum atomic E-state index is 0.418. The van der Waals surface area contributed by atoms with Crippen LogP contribution >= 0.6 is 0 Å². The standard InChI is InChI=1S/C18H28O3/c1-5-9-19-16-8-7-15(12-17(16)20-10-6-2)11-13(3)18-14(4)21-18/h7-8,12-14,18H,5-6,9-11H2,1-4H3. The lowest BCUT2D eigenvalue weighted by molar-refractivity contribution is 0.268. The van der Waals surface area contributed by atoms with Crippen LogP contribution in [0.5, 0.6) is 11.5 Å². The average molecular weight is 292 g/mol. The third-order valence-corrected chi connectivity index (χ3v) is 3.81. The Morgan fingerprint density at radius 1 is 1.10 bits per heavy atom. The fourth-order valence-corrected chi connectivity index (χ4v) is 2.62. The molecule has 0 aliphatic carbocycles. The molecule has 3 nitrogen and oxygen atoms in total. The molecule has 1 aromatic carbocycles. The molecule has 1 heterocycles. The first kappa shape index (κ1) is 16.2. The van der Waals surface area contributed by atoms with Crippen molar-refractivity contribution in [1.29, 1.82) is 0 Å². The predicted molar refractivity (Wildman–Crippen MR) is 85.2 cm³/mol. The van der Waals surface area contributed by atoms with E-state index in [-0.39, 0.29) is 0 Å². The summed E-state index contributed by atoms with van der Waals surface area (Å²) in [4.78, 5) is 0. The average Bonchev–Trinajstić information content (AvgIpc) is 3.21. The second-order valence-corrected chi connectivity index (χ2v) is 5.97. The van der Waals surface area contributed by atoms with Gasteiger partial charge >= 0.3 is 0 Å². The molecule has 1 aliphatic heterocycles. The molecule has 1 aliphatic rings. The van der Waals surface area contributed by atoms with Gasteiger partial charge in [0, 0.05) is 0 Å². The highest BCUT2D eigenvalue weighted by atomic mass is 16.6. The first-order chi connectivity index (χ1) is 10.2. The van der Waals surface area contributed by atoms with Gasteiger partial charge in [-0.05, 0) is 49.8 Å². The number of hydrogen-bond donors (Lipinski definition) is 0. The smallest absolute Gasteiger partial charge is 0.161 e. The van der Waals surface area contributed by atoms with Crippen molar-refractivity contribution < 1.29 is 14.2 Å². The summed E-state index contributed by atoms with van der Waals surface area (Å²) in [5, 5.41) is 0. The largest absolute Gasteiger partial charge is 0.490 e. The van der Waals surface area contributed by atoms with Gasteiger partial charge in [0.2, 0.25) is 0 Å². The van der Waals surface area contributed by atoms with E-state index in [4.69, 9.17) is 14.2 Å². The maximum atomic E-state index is 5.85. The first-order valence-corrected chi connectivity index (χ1v) is 8.19. The molecule has 0 bridgehead atoms. The lowest BCUT2D eigenvalue weighted by atomic mass is 9.96. The highest BCUT2D eigenvalue weighted by Gasteiger charge is 2.38. The minimum absolute atomic E-state index is 0.418. The van der Waals surface area contributed by atoms with Gasteiger partial charge in [0.25, 0.3) is 0 Å². The fraction of sp³-hybridized carbons (Fsp3) is 0.667. The summed E-state index contributed by atoms with van der Waals surface area (Å²) in [5.74, 6) is 2.28. The third kappa shape index (κ3) is 4.63. The normalized spacial score (nSPS) is 21.9. The molecule has 0 amide bonds. The quantitative estimate of drug-likeness (QED) is 0.638. The molecule has 1 fully saturated rings. The van der Waals surface area contributed by atoms with Crippen LogP contribution in [0.4, 0.5) is 0 Å². The van der Waals surface area contributed by atoms with Crippen LogP contribution in [0.15, 0.2) is 18.2 Å². The maximum absolute atomic E-state index is 5.85. The Labute approximate surface area is 128 Å². The summed E-state index contributed by atoms with van der Waals surface area (Å²) in [5.41, 5.74) is 1.29. The Balaban J connectivity index is 2.03. The van der Waals surface area contributed by atoms with Crippen molar-refractivity contribution in [2.45, 2.75) is 59.2 Å². The molecule has 0 radical (unpaired) electrons. The first-order valence-electron chi connectivity index (χ1n) is 8.19. The van der Waals surface area contributed by atoms with Gasteiger partial charge in [0.1, 0.15) is 0 Å². The fourth-order valence-electron chi connectivity index (χ4n) is 2.62.